The first-order chi connectivity index (χ1) is 73.4. The average Bonchev–Trinajstić information content (AvgIpc) is 1.51. The zero-order valence-corrected chi connectivity index (χ0v) is 81.1. The third-order valence-corrected chi connectivity index (χ3v) is 31.8. The van der Waals surface area contributed by atoms with Gasteiger partial charge in [0.1, 0.15) is 0 Å². The molecule has 0 atom stereocenters. The van der Waals surface area contributed by atoms with Crippen molar-refractivity contribution in [3.05, 3.63) is 615 Å². The largest absolute Gasteiger partial charge is 0.310 e. The molecule has 0 bridgehead atoms. The third-order valence-electron chi connectivity index (χ3n) is 31.8. The first kappa shape index (κ1) is 85.5. The van der Waals surface area contributed by atoms with Gasteiger partial charge in [0, 0.05) is 67.0 Å². The van der Waals surface area contributed by atoms with Gasteiger partial charge in [0.05, 0.1) is 32.9 Å². The number of aromatic nitrogens is 2. The van der Waals surface area contributed by atoms with Gasteiger partial charge < -0.3 is 18.9 Å². The first-order valence-electron chi connectivity index (χ1n) is 51.3. The Hall–Kier alpha value is -19.3. The zero-order chi connectivity index (χ0) is 97.5. The van der Waals surface area contributed by atoms with E-state index in [0.29, 0.717) is 0 Å². The Morgan fingerprint density at radius 3 is 0.730 bits per heavy atom. The molecule has 0 aliphatic heterocycles. The Morgan fingerprint density at radius 1 is 0.128 bits per heavy atom. The maximum atomic E-state index is 2.48. The minimum absolute atomic E-state index is 0.435. The predicted molar refractivity (Wildman–Crippen MR) is 619 cm³/mol. The zero-order valence-electron chi connectivity index (χ0n) is 81.1. The molecule has 0 fully saturated rings. The van der Waals surface area contributed by atoms with Gasteiger partial charge in [-0.25, -0.2) is 0 Å². The molecule has 30 rings (SSSR count). The summed E-state index contributed by atoms with van der Waals surface area (Å²) in [6, 6.07) is 211. The van der Waals surface area contributed by atoms with Crippen LogP contribution in [0.5, 0.6) is 0 Å². The van der Waals surface area contributed by atoms with Crippen molar-refractivity contribution in [3.63, 3.8) is 0 Å². The van der Waals surface area contributed by atoms with Crippen molar-refractivity contribution in [2.45, 2.75) is 10.8 Å². The van der Waals surface area contributed by atoms with Crippen molar-refractivity contribution in [2.24, 2.45) is 0 Å². The van der Waals surface area contributed by atoms with Crippen LogP contribution in [0.15, 0.2) is 570 Å². The van der Waals surface area contributed by atoms with Crippen LogP contribution in [-0.2, 0) is 10.8 Å². The molecule has 2 spiro atoms. The SMILES string of the molecule is c1ccc(-c2ccc(-n3c4ccccc4c4cc(-c5cccc(-c6ccc(N(c7ccc8c(c7)C7(c9ccccc9-c9ccccc97)c7ccccc7-8)c7ccc8ccccc8c7)cc6)c5)ccc43)cc2)cc1.c1ccc(-c2ccc(N(c3ccc(-c4cccc(-c5ccc6c(c5)c5ccccc5n6-c5ccc(-c6ccccc6)cc5)c4)cc3)c3ccc4c(c3)C3(c5ccccc5-c5ccccc53)c3ccccc3-4)cc2)cc1. The van der Waals surface area contributed by atoms with Crippen molar-refractivity contribution in [2.75, 3.05) is 9.80 Å². The van der Waals surface area contributed by atoms with Gasteiger partial charge in [-0.3, -0.25) is 0 Å². The second-order valence-electron chi connectivity index (χ2n) is 39.6. The fraction of sp³-hybridized carbons (Fsp3) is 0.0139. The number of hydrogen-bond donors (Lipinski definition) is 0. The minimum Gasteiger partial charge on any atom is -0.310 e. The fourth-order valence-electron chi connectivity index (χ4n) is 25.2. The van der Waals surface area contributed by atoms with E-state index in [2.05, 4.69) is 589 Å². The summed E-state index contributed by atoms with van der Waals surface area (Å²) in [6.07, 6.45) is 0. The molecule has 0 saturated heterocycles. The molecular weight excluding hydrogens is 1790 g/mol. The Bertz CT molecular complexity index is 9630. The van der Waals surface area contributed by atoms with Crippen molar-refractivity contribution in [1.82, 2.24) is 9.13 Å². The van der Waals surface area contributed by atoms with Gasteiger partial charge in [0.2, 0.25) is 0 Å². The van der Waals surface area contributed by atoms with Crippen LogP contribution in [0.25, 0.3) is 188 Å². The van der Waals surface area contributed by atoms with Gasteiger partial charge in [0.25, 0.3) is 0 Å². The normalized spacial score (nSPS) is 12.7. The van der Waals surface area contributed by atoms with E-state index in [-0.39, 0.29) is 0 Å². The van der Waals surface area contributed by atoms with Gasteiger partial charge in [0.15, 0.2) is 0 Å². The molecule has 2 aromatic heterocycles. The lowest BCUT2D eigenvalue weighted by molar-refractivity contribution is 0.793. The molecule has 148 heavy (non-hydrogen) atoms. The summed E-state index contributed by atoms with van der Waals surface area (Å²) in [5.41, 5.74) is 50.7. The number of para-hydroxylation sites is 2. The van der Waals surface area contributed by atoms with E-state index in [0.717, 1.165) is 45.5 Å². The molecule has 690 valence electrons. The highest BCUT2D eigenvalue weighted by Crippen LogP contribution is 2.66. The van der Waals surface area contributed by atoms with Crippen LogP contribution < -0.4 is 9.80 Å². The van der Waals surface area contributed by atoms with Crippen LogP contribution in [0, 0.1) is 0 Å². The lowest BCUT2D eigenvalue weighted by atomic mass is 9.70. The third kappa shape index (κ3) is 13.7. The summed E-state index contributed by atoms with van der Waals surface area (Å²) in [6.45, 7) is 0. The molecule has 0 N–H and O–H groups in total. The van der Waals surface area contributed by atoms with E-state index in [4.69, 9.17) is 0 Å². The van der Waals surface area contributed by atoms with E-state index in [1.54, 1.807) is 0 Å². The van der Waals surface area contributed by atoms with E-state index in [1.165, 1.54) is 221 Å². The summed E-state index contributed by atoms with van der Waals surface area (Å²) in [5.74, 6) is 0. The highest BCUT2D eigenvalue weighted by Gasteiger charge is 2.54. The molecule has 0 radical (unpaired) electrons. The summed E-state index contributed by atoms with van der Waals surface area (Å²) >= 11 is 0. The van der Waals surface area contributed by atoms with Crippen molar-refractivity contribution in [1.29, 1.82) is 0 Å². The topological polar surface area (TPSA) is 16.3 Å². The summed E-state index contributed by atoms with van der Waals surface area (Å²) in [4.78, 5) is 4.88. The Labute approximate surface area is 860 Å². The van der Waals surface area contributed by atoms with Gasteiger partial charge in [-0.15, -0.1) is 0 Å². The Kier molecular flexibility index (Phi) is 20.1. The van der Waals surface area contributed by atoms with Crippen LogP contribution in [0.2, 0.25) is 0 Å². The van der Waals surface area contributed by atoms with E-state index in [9.17, 15) is 0 Å². The maximum Gasteiger partial charge on any atom is 0.0726 e. The number of benzene rings is 24. The maximum absolute atomic E-state index is 2.48. The van der Waals surface area contributed by atoms with Crippen LogP contribution in [0.1, 0.15) is 44.5 Å². The number of nitrogens with zero attached hydrogens (tertiary/aromatic N) is 4. The Balaban J connectivity index is 0.000000140. The van der Waals surface area contributed by atoms with Crippen molar-refractivity contribution in [3.8, 4) is 134 Å². The van der Waals surface area contributed by atoms with Crippen LogP contribution in [-0.4, -0.2) is 9.13 Å². The van der Waals surface area contributed by atoms with Gasteiger partial charge >= 0.3 is 0 Å². The molecule has 2 heterocycles. The lowest BCUT2D eigenvalue weighted by Crippen LogP contribution is -2.26. The van der Waals surface area contributed by atoms with E-state index in [1.807, 2.05) is 0 Å². The summed E-state index contributed by atoms with van der Waals surface area (Å²) in [7, 11) is 0. The molecule has 0 amide bonds. The van der Waals surface area contributed by atoms with Crippen LogP contribution in [0.3, 0.4) is 0 Å². The van der Waals surface area contributed by atoms with Gasteiger partial charge in [-0.2, -0.15) is 0 Å². The first-order valence-corrected chi connectivity index (χ1v) is 51.3. The average molecular weight is 1880 g/mol. The van der Waals surface area contributed by atoms with Gasteiger partial charge in [-0.05, 0) is 323 Å². The molecule has 0 unspecified atom stereocenters. The second kappa shape index (κ2) is 34.8. The fourth-order valence-corrected chi connectivity index (χ4v) is 25.2. The van der Waals surface area contributed by atoms with Crippen LogP contribution >= 0.6 is 0 Å². The molecule has 4 aliphatic rings. The monoisotopic (exact) mass is 1880 g/mol. The molecule has 24 aromatic carbocycles. The molecule has 4 nitrogen and oxygen atoms in total. The number of hydrogen-bond acceptors (Lipinski definition) is 2. The number of anilines is 6. The smallest absolute Gasteiger partial charge is 0.0726 e. The lowest BCUT2D eigenvalue weighted by Gasteiger charge is -2.32. The highest BCUT2D eigenvalue weighted by atomic mass is 15.1. The van der Waals surface area contributed by atoms with Crippen molar-refractivity contribution >= 4 is 88.5 Å². The molecule has 26 aromatic rings. The molecule has 4 heteroatoms. The van der Waals surface area contributed by atoms with Gasteiger partial charge in [-0.1, -0.05) is 425 Å². The molecular formula is C144H94N4. The standard InChI is InChI=1S/C73H48N2.C71H46N2/c1-3-16-49(17-4-1)51-30-37-57(38-31-51)74(60-43-44-64-63-24-9-13-28-69(63)73(70(64)48-60)67-26-11-7-22-61(67)62-23-8-12-27-68(62)73)58-39-34-53(35-40-58)54-20-15-21-55(46-54)56-36-45-72-66(47-56)65-25-10-14-29-71(65)75(72)59-41-32-52(33-42-59)50-18-5-2-6-19-50;1-2-15-47(16-3-1)49-29-37-56(38-30-49)73-69-28-13-9-24-63(69)64-45-54(34-42-70(64)73)52-20-14-19-51(43-52)50-31-35-55(36-32-50)72(57-39-33-48-17-4-5-18-53(48)44-57)58-40-41-62-61-23-8-12-27-67(61)71(68(62)46-58)65-25-10-6-21-59(65)60-22-7-11-26-66(60)71/h1-48H;1-46H. The van der Waals surface area contributed by atoms with Crippen LogP contribution in [0.4, 0.5) is 34.1 Å². The van der Waals surface area contributed by atoms with E-state index < -0.39 is 10.8 Å². The number of rotatable bonds is 15. The van der Waals surface area contributed by atoms with E-state index >= 15 is 0 Å². The minimum atomic E-state index is -0.441. The molecule has 0 saturated carbocycles. The predicted octanol–water partition coefficient (Wildman–Crippen LogP) is 38.0. The van der Waals surface area contributed by atoms with Crippen molar-refractivity contribution < 1.29 is 0 Å². The summed E-state index contributed by atoms with van der Waals surface area (Å²) in [5, 5.41) is 7.41. The molecule has 4 aliphatic carbocycles. The second-order valence-corrected chi connectivity index (χ2v) is 39.6. The number of fused-ring (bicyclic) bond motifs is 27. The quantitative estimate of drug-likeness (QED) is 0.102. The Morgan fingerprint density at radius 2 is 0.365 bits per heavy atom. The summed E-state index contributed by atoms with van der Waals surface area (Å²) < 4.78 is 4.80. The highest BCUT2D eigenvalue weighted by molar-refractivity contribution is 6.13.